The minimum absolute atomic E-state index is 0.0125. The number of nitrogens with zero attached hydrogens (tertiary/aromatic N) is 2. The molecule has 112 valence electrons. The summed E-state index contributed by atoms with van der Waals surface area (Å²) < 4.78 is 0.784. The van der Waals surface area contributed by atoms with Crippen LogP contribution in [0.4, 0.5) is 0 Å². The molecule has 0 spiro atoms. The Kier molecular flexibility index (Phi) is 4.86. The molecule has 2 atom stereocenters. The second-order valence-corrected chi connectivity index (χ2v) is 6.67. The van der Waals surface area contributed by atoms with Crippen molar-refractivity contribution in [2.24, 2.45) is 5.73 Å². The Morgan fingerprint density at radius 1 is 1.45 bits per heavy atom. The molecular formula is C14H23BrN4O. The van der Waals surface area contributed by atoms with Gasteiger partial charge in [-0.2, -0.15) is 5.10 Å². The largest absolute Gasteiger partial charge is 0.333 e. The number of halogens is 1. The van der Waals surface area contributed by atoms with Crippen molar-refractivity contribution in [3.63, 3.8) is 0 Å². The number of hydrogen-bond donors (Lipinski definition) is 2. The van der Waals surface area contributed by atoms with Gasteiger partial charge in [-0.25, -0.2) is 0 Å². The van der Waals surface area contributed by atoms with Gasteiger partial charge in [0.2, 0.25) is 0 Å². The first-order valence-corrected chi connectivity index (χ1v) is 8.03. The quantitative estimate of drug-likeness (QED) is 0.886. The van der Waals surface area contributed by atoms with Crippen LogP contribution in [0.2, 0.25) is 0 Å². The molecule has 20 heavy (non-hydrogen) atoms. The fourth-order valence-electron chi connectivity index (χ4n) is 2.76. The fraction of sp³-hybridized carbons (Fsp3) is 0.714. The maximum absolute atomic E-state index is 12.7. The summed E-state index contributed by atoms with van der Waals surface area (Å²) in [6.45, 7) is 6.87. The van der Waals surface area contributed by atoms with Gasteiger partial charge >= 0.3 is 0 Å². The molecule has 2 rings (SSSR count). The van der Waals surface area contributed by atoms with Crippen molar-refractivity contribution >= 4 is 21.8 Å². The first-order valence-electron chi connectivity index (χ1n) is 7.23. The van der Waals surface area contributed by atoms with E-state index in [-0.39, 0.29) is 18.0 Å². The van der Waals surface area contributed by atoms with Crippen LogP contribution in [0, 0.1) is 0 Å². The second kappa shape index (κ2) is 6.26. The van der Waals surface area contributed by atoms with Crippen LogP contribution in [0.3, 0.4) is 0 Å². The lowest BCUT2D eigenvalue weighted by Crippen LogP contribution is -2.51. The SMILES string of the molecule is CC(C)c1[nH]nc(C(=O)N2CCCCC2C(C)N)c1Br. The summed E-state index contributed by atoms with van der Waals surface area (Å²) in [4.78, 5) is 14.6. The zero-order chi connectivity index (χ0) is 14.9. The predicted molar refractivity (Wildman–Crippen MR) is 82.7 cm³/mol. The average molecular weight is 343 g/mol. The third-order valence-electron chi connectivity index (χ3n) is 3.93. The van der Waals surface area contributed by atoms with Gasteiger partial charge in [0, 0.05) is 18.6 Å². The zero-order valence-corrected chi connectivity index (χ0v) is 13.9. The highest BCUT2D eigenvalue weighted by molar-refractivity contribution is 9.10. The Balaban J connectivity index is 2.25. The molecule has 5 nitrogen and oxygen atoms in total. The Morgan fingerprint density at radius 3 is 2.70 bits per heavy atom. The number of piperidine rings is 1. The normalized spacial score (nSPS) is 21.3. The van der Waals surface area contributed by atoms with Gasteiger partial charge in [0.05, 0.1) is 10.2 Å². The molecule has 3 N–H and O–H groups in total. The zero-order valence-electron chi connectivity index (χ0n) is 12.3. The van der Waals surface area contributed by atoms with E-state index in [0.29, 0.717) is 11.6 Å². The highest BCUT2D eigenvalue weighted by Gasteiger charge is 2.32. The van der Waals surface area contributed by atoms with E-state index in [1.807, 2.05) is 11.8 Å². The molecule has 0 radical (unpaired) electrons. The minimum Gasteiger partial charge on any atom is -0.333 e. The molecule has 1 aliphatic rings. The lowest BCUT2D eigenvalue weighted by molar-refractivity contribution is 0.0577. The number of carbonyl (C=O) groups is 1. The van der Waals surface area contributed by atoms with E-state index in [0.717, 1.165) is 36.0 Å². The van der Waals surface area contributed by atoms with Crippen LogP contribution in [-0.2, 0) is 0 Å². The van der Waals surface area contributed by atoms with Crippen LogP contribution >= 0.6 is 15.9 Å². The van der Waals surface area contributed by atoms with E-state index in [2.05, 4.69) is 40.0 Å². The van der Waals surface area contributed by atoms with E-state index in [9.17, 15) is 4.79 Å². The van der Waals surface area contributed by atoms with Crippen molar-refractivity contribution < 1.29 is 4.79 Å². The molecule has 1 amide bonds. The van der Waals surface area contributed by atoms with E-state index in [1.54, 1.807) is 0 Å². The number of H-pyrrole nitrogens is 1. The molecule has 0 aliphatic carbocycles. The number of nitrogens with one attached hydrogen (secondary N) is 1. The van der Waals surface area contributed by atoms with Crippen LogP contribution < -0.4 is 5.73 Å². The average Bonchev–Trinajstić information content (AvgIpc) is 2.79. The summed E-state index contributed by atoms with van der Waals surface area (Å²) in [6, 6.07) is 0.101. The highest BCUT2D eigenvalue weighted by atomic mass is 79.9. The first-order chi connectivity index (χ1) is 9.43. The van der Waals surface area contributed by atoms with E-state index in [4.69, 9.17) is 5.73 Å². The molecule has 1 aromatic heterocycles. The molecule has 1 aromatic rings. The van der Waals surface area contributed by atoms with Crippen molar-refractivity contribution in [2.75, 3.05) is 6.54 Å². The first kappa shape index (κ1) is 15.5. The number of hydrogen-bond acceptors (Lipinski definition) is 3. The molecule has 0 saturated carbocycles. The monoisotopic (exact) mass is 342 g/mol. The van der Waals surface area contributed by atoms with Crippen molar-refractivity contribution in [3.05, 3.63) is 15.9 Å². The highest BCUT2D eigenvalue weighted by Crippen LogP contribution is 2.28. The Bertz CT molecular complexity index is 484. The number of amides is 1. The molecule has 2 unspecified atom stereocenters. The van der Waals surface area contributed by atoms with E-state index >= 15 is 0 Å². The van der Waals surface area contributed by atoms with Crippen molar-refractivity contribution in [1.82, 2.24) is 15.1 Å². The Hall–Kier alpha value is -0.880. The van der Waals surface area contributed by atoms with Gasteiger partial charge in [-0.05, 0) is 48.0 Å². The number of carbonyl (C=O) groups excluding carboxylic acids is 1. The van der Waals surface area contributed by atoms with Crippen LogP contribution in [0.25, 0.3) is 0 Å². The van der Waals surface area contributed by atoms with E-state index in [1.165, 1.54) is 0 Å². The van der Waals surface area contributed by atoms with Crippen LogP contribution in [0.1, 0.15) is 62.1 Å². The van der Waals surface area contributed by atoms with Gasteiger partial charge in [-0.1, -0.05) is 13.8 Å². The summed E-state index contributed by atoms with van der Waals surface area (Å²) in [5, 5.41) is 7.16. The van der Waals surface area contributed by atoms with Gasteiger partial charge in [0.1, 0.15) is 0 Å². The predicted octanol–water partition coefficient (Wildman–Crippen LogP) is 2.64. The second-order valence-electron chi connectivity index (χ2n) is 5.88. The van der Waals surface area contributed by atoms with Gasteiger partial charge < -0.3 is 10.6 Å². The smallest absolute Gasteiger partial charge is 0.275 e. The van der Waals surface area contributed by atoms with Gasteiger partial charge in [-0.15, -0.1) is 0 Å². The summed E-state index contributed by atoms with van der Waals surface area (Å²) in [5.74, 6) is 0.269. The molecule has 1 fully saturated rings. The van der Waals surface area contributed by atoms with Gasteiger partial charge in [0.15, 0.2) is 5.69 Å². The number of aromatic nitrogens is 2. The van der Waals surface area contributed by atoms with Crippen LogP contribution in [0.15, 0.2) is 4.47 Å². The van der Waals surface area contributed by atoms with Crippen molar-refractivity contribution in [2.45, 2.75) is 58.0 Å². The lowest BCUT2D eigenvalue weighted by Gasteiger charge is -2.37. The molecule has 2 heterocycles. The minimum atomic E-state index is -0.0259. The van der Waals surface area contributed by atoms with Crippen LogP contribution in [0.5, 0.6) is 0 Å². The Labute approximate surface area is 128 Å². The third-order valence-corrected chi connectivity index (χ3v) is 4.73. The van der Waals surface area contributed by atoms with Crippen LogP contribution in [-0.4, -0.2) is 39.6 Å². The van der Waals surface area contributed by atoms with Crippen molar-refractivity contribution in [1.29, 1.82) is 0 Å². The van der Waals surface area contributed by atoms with Crippen molar-refractivity contribution in [3.8, 4) is 0 Å². The summed E-state index contributed by atoms with van der Waals surface area (Å²) in [5.41, 5.74) is 7.47. The maximum atomic E-state index is 12.7. The number of rotatable bonds is 3. The lowest BCUT2D eigenvalue weighted by atomic mass is 9.96. The van der Waals surface area contributed by atoms with Gasteiger partial charge in [0.25, 0.3) is 5.91 Å². The van der Waals surface area contributed by atoms with Gasteiger partial charge in [-0.3, -0.25) is 9.89 Å². The third kappa shape index (κ3) is 2.91. The topological polar surface area (TPSA) is 75.0 Å². The summed E-state index contributed by atoms with van der Waals surface area (Å²) in [6.07, 6.45) is 3.14. The summed E-state index contributed by atoms with van der Waals surface area (Å²) >= 11 is 3.50. The number of likely N-dealkylation sites (tertiary alicyclic amines) is 1. The molecular weight excluding hydrogens is 320 g/mol. The molecule has 0 bridgehead atoms. The standard InChI is InChI=1S/C14H23BrN4O/c1-8(2)12-11(15)13(18-17-12)14(20)19-7-5-4-6-10(19)9(3)16/h8-10H,4-7,16H2,1-3H3,(H,17,18). The molecule has 1 aliphatic heterocycles. The molecule has 1 saturated heterocycles. The fourth-order valence-corrected chi connectivity index (χ4v) is 3.56. The number of aromatic amines is 1. The Morgan fingerprint density at radius 2 is 2.15 bits per heavy atom. The molecule has 6 heteroatoms. The molecule has 0 aromatic carbocycles. The maximum Gasteiger partial charge on any atom is 0.275 e. The number of nitrogens with two attached hydrogens (primary N) is 1. The van der Waals surface area contributed by atoms with E-state index < -0.39 is 0 Å². The summed E-state index contributed by atoms with van der Waals surface area (Å²) in [7, 11) is 0.